The summed E-state index contributed by atoms with van der Waals surface area (Å²) in [6.45, 7) is 0. The highest BCUT2D eigenvalue weighted by atomic mass is 32.1. The minimum atomic E-state index is 1.12. The third-order valence-electron chi connectivity index (χ3n) is 3.15. The van der Waals surface area contributed by atoms with Gasteiger partial charge in [-0.05, 0) is 47.4 Å². The molecule has 3 rings (SSSR count). The summed E-state index contributed by atoms with van der Waals surface area (Å²) in [5.74, 6) is 0. The standard InChI is InChI=1S/C15H14S/c1-4-12-6-2-8-15(12)13(5-1)9-10-14-7-3-11-16-14/h1-7,11H,8-10H2. The molecular formula is C15H14S. The average molecular weight is 226 g/mol. The fraction of sp³-hybridized carbons (Fsp3) is 0.200. The number of allylic oxidation sites excluding steroid dienone is 1. The molecule has 1 heteroatoms. The van der Waals surface area contributed by atoms with Crippen molar-refractivity contribution >= 4 is 17.4 Å². The summed E-state index contributed by atoms with van der Waals surface area (Å²) in [4.78, 5) is 1.49. The fourth-order valence-electron chi connectivity index (χ4n) is 2.31. The Hall–Kier alpha value is -1.34. The van der Waals surface area contributed by atoms with Crippen LogP contribution in [0.15, 0.2) is 41.8 Å². The lowest BCUT2D eigenvalue weighted by Gasteiger charge is -2.07. The van der Waals surface area contributed by atoms with Crippen molar-refractivity contribution in [1.82, 2.24) is 0 Å². The van der Waals surface area contributed by atoms with Gasteiger partial charge in [0.1, 0.15) is 0 Å². The number of hydrogen-bond acceptors (Lipinski definition) is 1. The molecule has 0 spiro atoms. The van der Waals surface area contributed by atoms with Gasteiger partial charge in [-0.3, -0.25) is 0 Å². The van der Waals surface area contributed by atoms with Crippen LogP contribution < -0.4 is 0 Å². The molecule has 0 unspecified atom stereocenters. The normalized spacial score (nSPS) is 13.0. The molecule has 16 heavy (non-hydrogen) atoms. The van der Waals surface area contributed by atoms with Crippen LogP contribution in [0.2, 0.25) is 0 Å². The molecule has 0 aliphatic heterocycles. The highest BCUT2D eigenvalue weighted by molar-refractivity contribution is 7.09. The first-order chi connectivity index (χ1) is 7.93. The number of fused-ring (bicyclic) bond motifs is 1. The molecule has 0 amide bonds. The predicted molar refractivity (Wildman–Crippen MR) is 70.9 cm³/mol. The molecule has 0 N–H and O–H groups in total. The van der Waals surface area contributed by atoms with Crippen LogP contribution in [0.4, 0.5) is 0 Å². The van der Waals surface area contributed by atoms with Crippen LogP contribution in [0.3, 0.4) is 0 Å². The Morgan fingerprint density at radius 2 is 2.06 bits per heavy atom. The SMILES string of the molecule is C1=Cc2cccc(CCc3cccs3)c2C1. The maximum atomic E-state index is 2.28. The second-order valence-electron chi connectivity index (χ2n) is 4.17. The maximum absolute atomic E-state index is 2.28. The molecule has 0 fully saturated rings. The van der Waals surface area contributed by atoms with E-state index in [1.165, 1.54) is 28.8 Å². The summed E-state index contributed by atoms with van der Waals surface area (Å²) in [5, 5.41) is 2.16. The number of rotatable bonds is 3. The van der Waals surface area contributed by atoms with Gasteiger partial charge in [0.05, 0.1) is 0 Å². The van der Waals surface area contributed by atoms with Gasteiger partial charge in [0.2, 0.25) is 0 Å². The van der Waals surface area contributed by atoms with Crippen LogP contribution in [0.25, 0.3) is 6.08 Å². The molecule has 0 bridgehead atoms. The molecule has 0 atom stereocenters. The smallest absolute Gasteiger partial charge is 0.00485 e. The first-order valence-electron chi connectivity index (χ1n) is 5.73. The Morgan fingerprint density at radius 3 is 2.94 bits per heavy atom. The van der Waals surface area contributed by atoms with Gasteiger partial charge in [0, 0.05) is 4.88 Å². The van der Waals surface area contributed by atoms with E-state index in [0.29, 0.717) is 0 Å². The van der Waals surface area contributed by atoms with Gasteiger partial charge in [-0.2, -0.15) is 0 Å². The molecule has 0 saturated carbocycles. The fourth-order valence-corrected chi connectivity index (χ4v) is 3.02. The van der Waals surface area contributed by atoms with Gasteiger partial charge in [-0.25, -0.2) is 0 Å². The van der Waals surface area contributed by atoms with Crippen molar-refractivity contribution in [3.05, 3.63) is 63.4 Å². The summed E-state index contributed by atoms with van der Waals surface area (Å²) < 4.78 is 0. The Kier molecular flexibility index (Phi) is 2.63. The van der Waals surface area contributed by atoms with Crippen LogP contribution in [0, 0.1) is 0 Å². The Balaban J connectivity index is 1.79. The summed E-state index contributed by atoms with van der Waals surface area (Å²) in [5.41, 5.74) is 4.48. The molecule has 2 aromatic rings. The number of thiophene rings is 1. The second kappa shape index (κ2) is 4.26. The lowest BCUT2D eigenvalue weighted by Crippen LogP contribution is -1.95. The zero-order valence-electron chi connectivity index (χ0n) is 9.15. The largest absolute Gasteiger partial charge is 0.149 e. The van der Waals surface area contributed by atoms with E-state index in [2.05, 4.69) is 47.9 Å². The molecule has 0 saturated heterocycles. The summed E-state index contributed by atoms with van der Waals surface area (Å²) in [6.07, 6.45) is 7.97. The third kappa shape index (κ3) is 1.83. The van der Waals surface area contributed by atoms with Crippen molar-refractivity contribution in [2.45, 2.75) is 19.3 Å². The molecule has 0 radical (unpaired) electrons. The van der Waals surface area contributed by atoms with E-state index in [0.717, 1.165) is 6.42 Å². The minimum Gasteiger partial charge on any atom is -0.149 e. The monoisotopic (exact) mass is 226 g/mol. The van der Waals surface area contributed by atoms with Gasteiger partial charge in [0.15, 0.2) is 0 Å². The maximum Gasteiger partial charge on any atom is 0.00485 e. The highest BCUT2D eigenvalue weighted by Crippen LogP contribution is 2.24. The lowest BCUT2D eigenvalue weighted by molar-refractivity contribution is 0.960. The lowest BCUT2D eigenvalue weighted by atomic mass is 9.99. The highest BCUT2D eigenvalue weighted by Gasteiger charge is 2.09. The van der Waals surface area contributed by atoms with Crippen LogP contribution >= 0.6 is 11.3 Å². The molecule has 1 aliphatic rings. The number of benzene rings is 1. The molecule has 1 aromatic carbocycles. The van der Waals surface area contributed by atoms with Crippen molar-refractivity contribution in [2.24, 2.45) is 0 Å². The van der Waals surface area contributed by atoms with E-state index in [4.69, 9.17) is 0 Å². The molecular weight excluding hydrogens is 212 g/mol. The third-order valence-corrected chi connectivity index (χ3v) is 4.09. The molecule has 1 aliphatic carbocycles. The van der Waals surface area contributed by atoms with Crippen molar-refractivity contribution in [2.75, 3.05) is 0 Å². The Labute approximate surface area is 100 Å². The molecule has 80 valence electrons. The van der Waals surface area contributed by atoms with E-state index in [-0.39, 0.29) is 0 Å². The van der Waals surface area contributed by atoms with Crippen LogP contribution in [0.5, 0.6) is 0 Å². The zero-order valence-corrected chi connectivity index (χ0v) is 9.96. The quantitative estimate of drug-likeness (QED) is 0.739. The first-order valence-corrected chi connectivity index (χ1v) is 6.61. The first kappa shape index (κ1) is 9.86. The van der Waals surface area contributed by atoms with Gasteiger partial charge in [-0.15, -0.1) is 11.3 Å². The van der Waals surface area contributed by atoms with Crippen LogP contribution in [-0.4, -0.2) is 0 Å². The van der Waals surface area contributed by atoms with Crippen molar-refractivity contribution in [1.29, 1.82) is 0 Å². The van der Waals surface area contributed by atoms with E-state index < -0.39 is 0 Å². The molecule has 1 aromatic heterocycles. The number of hydrogen-bond donors (Lipinski definition) is 0. The topological polar surface area (TPSA) is 0 Å². The van der Waals surface area contributed by atoms with Crippen LogP contribution in [0.1, 0.15) is 21.6 Å². The Morgan fingerprint density at radius 1 is 1.06 bits per heavy atom. The summed E-state index contributed by atoms with van der Waals surface area (Å²) >= 11 is 1.86. The zero-order chi connectivity index (χ0) is 10.8. The molecule has 0 nitrogen and oxygen atoms in total. The minimum absolute atomic E-state index is 1.12. The van der Waals surface area contributed by atoms with Crippen LogP contribution in [-0.2, 0) is 19.3 Å². The van der Waals surface area contributed by atoms with E-state index in [1.807, 2.05) is 11.3 Å². The average Bonchev–Trinajstić information content (AvgIpc) is 2.97. The van der Waals surface area contributed by atoms with Gasteiger partial charge >= 0.3 is 0 Å². The van der Waals surface area contributed by atoms with Crippen molar-refractivity contribution < 1.29 is 0 Å². The van der Waals surface area contributed by atoms with E-state index >= 15 is 0 Å². The van der Waals surface area contributed by atoms with Crippen molar-refractivity contribution in [3.63, 3.8) is 0 Å². The van der Waals surface area contributed by atoms with Crippen molar-refractivity contribution in [3.8, 4) is 0 Å². The second-order valence-corrected chi connectivity index (χ2v) is 5.20. The predicted octanol–water partition coefficient (Wildman–Crippen LogP) is 4.10. The van der Waals surface area contributed by atoms with Gasteiger partial charge in [0.25, 0.3) is 0 Å². The Bertz CT molecular complexity index is 506. The number of aryl methyl sites for hydroxylation is 2. The van der Waals surface area contributed by atoms with Gasteiger partial charge < -0.3 is 0 Å². The summed E-state index contributed by atoms with van der Waals surface area (Å²) in [7, 11) is 0. The van der Waals surface area contributed by atoms with E-state index in [1.54, 1.807) is 5.56 Å². The molecule has 1 heterocycles. The van der Waals surface area contributed by atoms with E-state index in [9.17, 15) is 0 Å². The summed E-state index contributed by atoms with van der Waals surface area (Å²) in [6, 6.07) is 11.0. The van der Waals surface area contributed by atoms with Gasteiger partial charge in [-0.1, -0.05) is 36.4 Å².